The molecule has 64 valence electrons. The van der Waals surface area contributed by atoms with E-state index in [9.17, 15) is 5.11 Å². The fourth-order valence-electron chi connectivity index (χ4n) is 0.796. The topological polar surface area (TPSA) is 80.0 Å². The Morgan fingerprint density at radius 3 is 2.67 bits per heavy atom. The lowest BCUT2D eigenvalue weighted by Gasteiger charge is -2.08. The molecule has 0 aliphatic carbocycles. The summed E-state index contributed by atoms with van der Waals surface area (Å²) in [4.78, 5) is 2.75. The minimum absolute atomic E-state index is 0.452. The van der Waals surface area contributed by atoms with Crippen LogP contribution in [0.2, 0.25) is 0 Å². The van der Waals surface area contributed by atoms with Crippen LogP contribution in [0.15, 0.2) is 12.3 Å². The summed E-state index contributed by atoms with van der Waals surface area (Å²) in [7, 11) is 0. The molecule has 3 N–H and O–H groups in total. The second-order valence-corrected chi connectivity index (χ2v) is 3.54. The molecule has 0 saturated heterocycles. The molecule has 0 bridgehead atoms. The number of aliphatic hydroxyl groups is 2. The molecular formula is C7H7IN2O2. The molecule has 0 radical (unpaired) electrons. The number of rotatable bonds is 2. The van der Waals surface area contributed by atoms with Crippen molar-refractivity contribution in [1.29, 1.82) is 5.26 Å². The van der Waals surface area contributed by atoms with E-state index < -0.39 is 12.2 Å². The number of aliphatic hydroxyl groups excluding tert-OH is 2. The van der Waals surface area contributed by atoms with Crippen molar-refractivity contribution in [3.05, 3.63) is 21.5 Å². The number of hydrogen-bond acceptors (Lipinski definition) is 3. The van der Waals surface area contributed by atoms with Crippen LogP contribution in [0.3, 0.4) is 0 Å². The molecule has 0 amide bonds. The third-order valence-electron chi connectivity index (χ3n) is 1.42. The van der Waals surface area contributed by atoms with Crippen molar-refractivity contribution in [3.63, 3.8) is 0 Å². The normalized spacial score (nSPS) is 15.2. The van der Waals surface area contributed by atoms with Gasteiger partial charge in [0.1, 0.15) is 6.10 Å². The average Bonchev–Trinajstić information content (AvgIpc) is 2.49. The Bertz CT molecular complexity index is 305. The van der Waals surface area contributed by atoms with E-state index in [1.807, 2.05) is 0 Å². The van der Waals surface area contributed by atoms with Gasteiger partial charge in [0.2, 0.25) is 0 Å². The SMILES string of the molecule is N#CC(O)C(O)c1cc(I)c[nH]1. The van der Waals surface area contributed by atoms with Crippen LogP contribution in [0.1, 0.15) is 11.8 Å². The van der Waals surface area contributed by atoms with Crippen LogP contribution in [0, 0.1) is 14.9 Å². The summed E-state index contributed by atoms with van der Waals surface area (Å²) in [5.41, 5.74) is 0.452. The number of aromatic nitrogens is 1. The first-order valence-corrected chi connectivity index (χ1v) is 4.32. The van der Waals surface area contributed by atoms with Gasteiger partial charge in [-0.1, -0.05) is 0 Å². The zero-order valence-corrected chi connectivity index (χ0v) is 8.19. The molecule has 1 rings (SSSR count). The zero-order valence-electron chi connectivity index (χ0n) is 6.03. The van der Waals surface area contributed by atoms with E-state index in [-0.39, 0.29) is 0 Å². The molecule has 2 atom stereocenters. The summed E-state index contributed by atoms with van der Waals surface area (Å²) >= 11 is 2.06. The van der Waals surface area contributed by atoms with E-state index in [1.165, 1.54) is 0 Å². The number of H-pyrrole nitrogens is 1. The highest BCUT2D eigenvalue weighted by Gasteiger charge is 2.18. The van der Waals surface area contributed by atoms with Crippen molar-refractivity contribution in [2.75, 3.05) is 0 Å². The highest BCUT2D eigenvalue weighted by molar-refractivity contribution is 14.1. The number of nitrogens with zero attached hydrogens (tertiary/aromatic N) is 1. The van der Waals surface area contributed by atoms with Gasteiger partial charge in [-0.25, -0.2) is 0 Å². The predicted molar refractivity (Wildman–Crippen MR) is 50.1 cm³/mol. The molecule has 0 fully saturated rings. The van der Waals surface area contributed by atoms with Crippen molar-refractivity contribution >= 4 is 22.6 Å². The van der Waals surface area contributed by atoms with Crippen LogP contribution in [-0.2, 0) is 0 Å². The summed E-state index contributed by atoms with van der Waals surface area (Å²) in [6, 6.07) is 3.23. The van der Waals surface area contributed by atoms with E-state index in [1.54, 1.807) is 18.3 Å². The van der Waals surface area contributed by atoms with Gasteiger partial charge in [0.05, 0.1) is 6.07 Å². The Hall–Kier alpha value is -0.580. The molecule has 4 nitrogen and oxygen atoms in total. The average molecular weight is 278 g/mol. The van der Waals surface area contributed by atoms with E-state index in [4.69, 9.17) is 10.4 Å². The minimum atomic E-state index is -1.38. The van der Waals surface area contributed by atoms with Crippen molar-refractivity contribution in [2.24, 2.45) is 0 Å². The van der Waals surface area contributed by atoms with E-state index in [0.29, 0.717) is 5.69 Å². The summed E-state index contributed by atoms with van der Waals surface area (Å²) in [6.07, 6.45) is -0.846. The molecule has 2 unspecified atom stereocenters. The Balaban J connectivity index is 2.79. The van der Waals surface area contributed by atoms with Crippen molar-refractivity contribution in [1.82, 2.24) is 4.98 Å². The molecule has 5 heteroatoms. The van der Waals surface area contributed by atoms with E-state index >= 15 is 0 Å². The molecule has 1 aromatic heterocycles. The maximum Gasteiger partial charge on any atom is 0.171 e. The molecule has 0 spiro atoms. The Kier molecular flexibility index (Phi) is 3.08. The van der Waals surface area contributed by atoms with Crippen LogP contribution < -0.4 is 0 Å². The lowest BCUT2D eigenvalue weighted by molar-refractivity contribution is 0.0502. The Morgan fingerprint density at radius 2 is 2.25 bits per heavy atom. The summed E-state index contributed by atoms with van der Waals surface area (Å²) in [5, 5.41) is 26.5. The summed E-state index contributed by atoms with van der Waals surface area (Å²) < 4.78 is 0.923. The first kappa shape index (κ1) is 9.51. The molecule has 0 aromatic carbocycles. The molecule has 1 aromatic rings. The first-order valence-electron chi connectivity index (χ1n) is 3.24. The summed E-state index contributed by atoms with van der Waals surface area (Å²) in [6.45, 7) is 0. The summed E-state index contributed by atoms with van der Waals surface area (Å²) in [5.74, 6) is 0. The molecule has 1 heterocycles. The van der Waals surface area contributed by atoms with Gasteiger partial charge >= 0.3 is 0 Å². The van der Waals surface area contributed by atoms with Gasteiger partial charge in [-0.3, -0.25) is 0 Å². The first-order chi connectivity index (χ1) is 5.65. The van der Waals surface area contributed by atoms with Gasteiger partial charge in [0.25, 0.3) is 0 Å². The quantitative estimate of drug-likeness (QED) is 0.545. The Morgan fingerprint density at radius 1 is 1.58 bits per heavy atom. The van der Waals surface area contributed by atoms with Gasteiger partial charge in [0.15, 0.2) is 6.10 Å². The molecule has 0 aliphatic heterocycles. The smallest absolute Gasteiger partial charge is 0.171 e. The lowest BCUT2D eigenvalue weighted by Crippen LogP contribution is -2.15. The third kappa shape index (κ3) is 1.97. The molecule has 0 saturated carbocycles. The van der Waals surface area contributed by atoms with E-state index in [0.717, 1.165) is 3.57 Å². The standard InChI is InChI=1S/C7H7IN2O2/c8-4-1-5(10-3-4)7(12)6(11)2-9/h1,3,6-7,10-12H. The van der Waals surface area contributed by atoms with Crippen LogP contribution in [-0.4, -0.2) is 21.3 Å². The van der Waals surface area contributed by atoms with Gasteiger partial charge in [0, 0.05) is 15.5 Å². The van der Waals surface area contributed by atoms with Crippen LogP contribution in [0.5, 0.6) is 0 Å². The maximum atomic E-state index is 9.30. The van der Waals surface area contributed by atoms with Gasteiger partial charge < -0.3 is 15.2 Å². The van der Waals surface area contributed by atoms with Crippen LogP contribution >= 0.6 is 22.6 Å². The maximum absolute atomic E-state index is 9.30. The monoisotopic (exact) mass is 278 g/mol. The highest BCUT2D eigenvalue weighted by atomic mass is 127. The fourth-order valence-corrected chi connectivity index (χ4v) is 1.29. The van der Waals surface area contributed by atoms with E-state index in [2.05, 4.69) is 27.6 Å². The second kappa shape index (κ2) is 3.89. The van der Waals surface area contributed by atoms with Crippen LogP contribution in [0.4, 0.5) is 0 Å². The van der Waals surface area contributed by atoms with Gasteiger partial charge in [-0.15, -0.1) is 0 Å². The number of nitrogens with one attached hydrogen (secondary N) is 1. The zero-order chi connectivity index (χ0) is 9.14. The van der Waals surface area contributed by atoms with Gasteiger partial charge in [-0.05, 0) is 28.7 Å². The second-order valence-electron chi connectivity index (χ2n) is 2.29. The predicted octanol–water partition coefficient (Wildman–Crippen LogP) is 0.537. The number of halogens is 1. The Labute approximate surface area is 83.0 Å². The van der Waals surface area contributed by atoms with Crippen molar-refractivity contribution in [3.8, 4) is 6.07 Å². The lowest BCUT2D eigenvalue weighted by atomic mass is 10.2. The molecule has 12 heavy (non-hydrogen) atoms. The number of hydrogen-bond donors (Lipinski definition) is 3. The van der Waals surface area contributed by atoms with Crippen LogP contribution in [0.25, 0.3) is 0 Å². The largest absolute Gasteiger partial charge is 0.383 e. The van der Waals surface area contributed by atoms with Crippen molar-refractivity contribution < 1.29 is 10.2 Å². The van der Waals surface area contributed by atoms with Gasteiger partial charge in [-0.2, -0.15) is 5.26 Å². The number of nitriles is 1. The minimum Gasteiger partial charge on any atom is -0.383 e. The molecular weight excluding hydrogens is 271 g/mol. The number of aromatic amines is 1. The third-order valence-corrected chi connectivity index (χ3v) is 2.04. The fraction of sp³-hybridized carbons (Fsp3) is 0.286. The molecule has 0 aliphatic rings. The highest BCUT2D eigenvalue weighted by Crippen LogP contribution is 2.17. The van der Waals surface area contributed by atoms with Crippen molar-refractivity contribution in [2.45, 2.75) is 12.2 Å².